The van der Waals surface area contributed by atoms with E-state index in [1.807, 2.05) is 60.7 Å². The predicted molar refractivity (Wildman–Crippen MR) is 175 cm³/mol. The molecule has 12 heteroatoms. The van der Waals surface area contributed by atoms with Crippen LogP contribution in [0.1, 0.15) is 22.6 Å². The molecule has 0 atom stereocenters. The summed E-state index contributed by atoms with van der Waals surface area (Å²) in [5, 5.41) is 6.71. The molecule has 0 aliphatic heterocycles. The lowest BCUT2D eigenvalue weighted by atomic mass is 10.2. The molecule has 0 bridgehead atoms. The summed E-state index contributed by atoms with van der Waals surface area (Å²) in [7, 11) is -3.91. The predicted octanol–water partition coefficient (Wildman–Crippen LogP) is 5.99. The molecule has 0 unspecified atom stereocenters. The van der Waals surface area contributed by atoms with Crippen molar-refractivity contribution in [3.63, 3.8) is 0 Å². The molecule has 234 valence electrons. The van der Waals surface area contributed by atoms with E-state index in [2.05, 4.69) is 15.8 Å². The summed E-state index contributed by atoms with van der Waals surface area (Å²) in [5.41, 5.74) is 4.37. The van der Waals surface area contributed by atoms with E-state index in [0.29, 0.717) is 28.8 Å². The van der Waals surface area contributed by atoms with Crippen molar-refractivity contribution in [1.29, 1.82) is 0 Å². The summed E-state index contributed by atoms with van der Waals surface area (Å²) in [6.07, 6.45) is 1.21. The number of halogens is 1. The monoisotopic (exact) mass is 656 g/mol. The number of ether oxygens (including phenoxy) is 1. The van der Waals surface area contributed by atoms with Crippen molar-refractivity contribution in [1.82, 2.24) is 9.73 Å². The second kappa shape index (κ2) is 15.2. The number of carbonyl (C=O) groups is 2. The van der Waals surface area contributed by atoms with Crippen molar-refractivity contribution < 1.29 is 27.2 Å². The number of hydrazone groups is 1. The van der Waals surface area contributed by atoms with Crippen LogP contribution in [-0.4, -0.2) is 30.8 Å². The van der Waals surface area contributed by atoms with Crippen molar-refractivity contribution in [3.8, 4) is 5.75 Å². The number of hydrogen-bond donors (Lipinski definition) is 2. The van der Waals surface area contributed by atoms with E-state index in [-0.39, 0.29) is 23.7 Å². The van der Waals surface area contributed by atoms with Gasteiger partial charge in [-0.25, -0.2) is 13.8 Å². The fourth-order valence-corrected chi connectivity index (χ4v) is 5.78. The first-order valence-electron chi connectivity index (χ1n) is 14.1. The van der Waals surface area contributed by atoms with E-state index in [1.165, 1.54) is 34.8 Å². The van der Waals surface area contributed by atoms with Crippen LogP contribution < -0.4 is 15.5 Å². The first-order chi connectivity index (χ1) is 22.3. The lowest BCUT2D eigenvalue weighted by Gasteiger charge is -2.21. The first kappa shape index (κ1) is 32.2. The molecular weight excluding hydrogens is 628 g/mol. The third-order valence-electron chi connectivity index (χ3n) is 6.59. The minimum Gasteiger partial charge on any atom is -0.489 e. The van der Waals surface area contributed by atoms with E-state index in [9.17, 15) is 18.0 Å². The molecule has 0 saturated heterocycles. The molecule has 1 heterocycles. The molecule has 0 aliphatic rings. The highest BCUT2D eigenvalue weighted by Crippen LogP contribution is 2.23. The normalized spacial score (nSPS) is 11.4. The zero-order valence-corrected chi connectivity index (χ0v) is 25.9. The number of rotatable bonds is 12. The standard InChI is InChI=1S/C34H29ClN4O6S/c35-27-11-19-32(20-12-27)46(42,43)39(22-25-7-3-1-4-8-25)23-31-18-17-30(45-31)21-36-38-34(41)33(40)37-28-13-15-29(16-14-28)44-24-26-9-5-2-6-10-26/h1-21H,22-24H2,(H,37,40)(H,38,41)/b36-21+. The van der Waals surface area contributed by atoms with Gasteiger partial charge in [0.2, 0.25) is 10.0 Å². The van der Waals surface area contributed by atoms with Crippen LogP contribution >= 0.6 is 11.6 Å². The Balaban J connectivity index is 1.16. The number of sulfonamides is 1. The maximum absolute atomic E-state index is 13.5. The SMILES string of the molecule is O=C(N/N=C/c1ccc(CN(Cc2ccccc2)S(=O)(=O)c2ccc(Cl)cc2)o1)C(=O)Nc1ccc(OCc2ccccc2)cc1. The van der Waals surface area contributed by atoms with Crippen molar-refractivity contribution in [3.05, 3.63) is 149 Å². The van der Waals surface area contributed by atoms with E-state index >= 15 is 0 Å². The Morgan fingerprint density at radius 2 is 1.43 bits per heavy atom. The fraction of sp³-hybridized carbons (Fsp3) is 0.0882. The number of furan rings is 1. The van der Waals surface area contributed by atoms with Crippen LogP contribution in [-0.2, 0) is 39.3 Å². The maximum atomic E-state index is 13.5. The zero-order valence-electron chi connectivity index (χ0n) is 24.4. The third kappa shape index (κ3) is 8.91. The average molecular weight is 657 g/mol. The van der Waals surface area contributed by atoms with E-state index in [1.54, 1.807) is 36.4 Å². The van der Waals surface area contributed by atoms with Crippen LogP contribution in [0, 0.1) is 0 Å². The van der Waals surface area contributed by atoms with Gasteiger partial charge in [0.25, 0.3) is 0 Å². The molecule has 0 spiro atoms. The smallest absolute Gasteiger partial charge is 0.329 e. The molecule has 0 radical (unpaired) electrons. The van der Waals surface area contributed by atoms with Crippen LogP contribution in [0.4, 0.5) is 5.69 Å². The van der Waals surface area contributed by atoms with Crippen LogP contribution in [0.5, 0.6) is 5.75 Å². The molecule has 4 aromatic carbocycles. The van der Waals surface area contributed by atoms with Gasteiger partial charge in [0, 0.05) is 17.3 Å². The van der Waals surface area contributed by atoms with E-state index in [0.717, 1.165) is 11.1 Å². The molecule has 10 nitrogen and oxygen atoms in total. The Hall–Kier alpha value is -5.23. The molecule has 0 saturated carbocycles. The molecule has 2 amide bonds. The molecule has 46 heavy (non-hydrogen) atoms. The van der Waals surface area contributed by atoms with Crippen molar-refractivity contribution in [2.24, 2.45) is 5.10 Å². The number of anilines is 1. The summed E-state index contributed by atoms with van der Waals surface area (Å²) < 4.78 is 39.8. The highest BCUT2D eigenvalue weighted by atomic mass is 35.5. The lowest BCUT2D eigenvalue weighted by molar-refractivity contribution is -0.136. The number of nitrogens with zero attached hydrogens (tertiary/aromatic N) is 2. The summed E-state index contributed by atoms with van der Waals surface area (Å²) in [6, 6.07) is 34.6. The van der Waals surface area contributed by atoms with Gasteiger partial charge in [0.1, 0.15) is 23.9 Å². The first-order valence-corrected chi connectivity index (χ1v) is 15.9. The Morgan fingerprint density at radius 3 is 2.11 bits per heavy atom. The van der Waals surface area contributed by atoms with Crippen molar-refractivity contribution in [2.75, 3.05) is 5.32 Å². The minimum absolute atomic E-state index is 0.0709. The maximum Gasteiger partial charge on any atom is 0.329 e. The zero-order chi connectivity index (χ0) is 32.4. The second-order valence-corrected chi connectivity index (χ2v) is 12.3. The van der Waals surface area contributed by atoms with Gasteiger partial charge in [-0.3, -0.25) is 9.59 Å². The molecule has 2 N–H and O–H groups in total. The highest BCUT2D eigenvalue weighted by Gasteiger charge is 2.26. The minimum atomic E-state index is -3.91. The van der Waals surface area contributed by atoms with E-state index in [4.69, 9.17) is 20.8 Å². The Bertz CT molecular complexity index is 1900. The van der Waals surface area contributed by atoms with Gasteiger partial charge in [-0.1, -0.05) is 72.3 Å². The quantitative estimate of drug-likeness (QED) is 0.0964. The number of nitrogens with one attached hydrogen (secondary N) is 2. The van der Waals surface area contributed by atoms with Gasteiger partial charge in [-0.2, -0.15) is 9.41 Å². The van der Waals surface area contributed by atoms with Crippen molar-refractivity contribution >= 4 is 45.3 Å². The van der Waals surface area contributed by atoms with Gasteiger partial charge in [0.05, 0.1) is 17.7 Å². The van der Waals surface area contributed by atoms with Gasteiger partial charge in [0.15, 0.2) is 0 Å². The summed E-state index contributed by atoms with van der Waals surface area (Å²) >= 11 is 5.96. The largest absolute Gasteiger partial charge is 0.489 e. The number of benzene rings is 4. The molecule has 0 fully saturated rings. The van der Waals surface area contributed by atoms with Gasteiger partial charge < -0.3 is 14.5 Å². The lowest BCUT2D eigenvalue weighted by Crippen LogP contribution is -2.32. The van der Waals surface area contributed by atoms with Crippen LogP contribution in [0.15, 0.2) is 136 Å². The number of carbonyl (C=O) groups excluding carboxylic acids is 2. The Kier molecular flexibility index (Phi) is 10.6. The Morgan fingerprint density at radius 1 is 0.783 bits per heavy atom. The Labute approximate surface area is 271 Å². The summed E-state index contributed by atoms with van der Waals surface area (Å²) in [4.78, 5) is 24.7. The van der Waals surface area contributed by atoms with Gasteiger partial charge >= 0.3 is 11.8 Å². The summed E-state index contributed by atoms with van der Waals surface area (Å²) in [6.45, 7) is 0.432. The van der Waals surface area contributed by atoms with Crippen LogP contribution in [0.25, 0.3) is 0 Å². The molecule has 0 aliphatic carbocycles. The molecule has 5 aromatic rings. The topological polar surface area (TPSA) is 130 Å². The summed E-state index contributed by atoms with van der Waals surface area (Å²) in [5.74, 6) is -0.713. The molecule has 1 aromatic heterocycles. The van der Waals surface area contributed by atoms with Gasteiger partial charge in [-0.15, -0.1) is 0 Å². The molecule has 5 rings (SSSR count). The average Bonchev–Trinajstić information content (AvgIpc) is 3.52. The van der Waals surface area contributed by atoms with Crippen LogP contribution in [0.2, 0.25) is 5.02 Å². The van der Waals surface area contributed by atoms with Crippen LogP contribution in [0.3, 0.4) is 0 Å². The highest BCUT2D eigenvalue weighted by molar-refractivity contribution is 7.89. The van der Waals surface area contributed by atoms with E-state index < -0.39 is 21.8 Å². The molecular formula is C34H29ClN4O6S. The second-order valence-electron chi connectivity index (χ2n) is 9.97. The third-order valence-corrected chi connectivity index (χ3v) is 8.65. The fourth-order valence-electron chi connectivity index (χ4n) is 4.26. The van der Waals surface area contributed by atoms with Gasteiger partial charge in [-0.05, 0) is 71.8 Å². The van der Waals surface area contributed by atoms with Crippen molar-refractivity contribution in [2.45, 2.75) is 24.6 Å². The number of amides is 2. The number of hydrogen-bond acceptors (Lipinski definition) is 7.